The number of fused-ring (bicyclic) bond motifs is 4. The predicted octanol–water partition coefficient (Wildman–Crippen LogP) is 3.77. The number of sulfonamides is 1. The van der Waals surface area contributed by atoms with Crippen molar-refractivity contribution in [1.82, 2.24) is 25.0 Å². The molecule has 5 aliphatic rings. The number of carbonyl (C=O) groups excluding carboxylic acids is 3. The molecule has 0 unspecified atom stereocenters. The maximum Gasteiger partial charge on any atom is 0.251 e. The van der Waals surface area contributed by atoms with Gasteiger partial charge in [-0.1, -0.05) is 35.9 Å². The number of nitrogens with one attached hydrogen (secondary N) is 2. The molecule has 15 heteroatoms. The average molecular weight is 944 g/mol. The third-order valence-electron chi connectivity index (χ3n) is 14.3. The lowest BCUT2D eigenvalue weighted by atomic mass is 9.81. The Labute approximate surface area is 400 Å². The van der Waals surface area contributed by atoms with Crippen LogP contribution in [-0.4, -0.2) is 75.3 Å². The standard InChI is InChI=1S/C54H53N7O7S/c1-32-10-12-33(13-11-32)46-31-37(58-61(46)38-16-18-39(19-17-38)69(55,66)67)15-21-47(62)56-22-23-57-53(63)36-14-20-40(54(64)65)43(30-36)48-44-28-34-6-2-24-59-26-4-8-41(49(34)59)51(44)68-52-42-9-5-27-60-25-3-7-35(50(42)60)29-45(48)52/h10-14,16-20,28-31H,2-9,15,21-27H2,1H3,(H4-,55,56,57,62,63,64,65,66,67). The van der Waals surface area contributed by atoms with Gasteiger partial charge in [-0.25, -0.2) is 22.8 Å². The summed E-state index contributed by atoms with van der Waals surface area (Å²) in [7, 11) is -3.87. The van der Waals surface area contributed by atoms with Crippen molar-refractivity contribution < 1.29 is 32.6 Å². The average Bonchev–Trinajstić information content (AvgIpc) is 3.78. The summed E-state index contributed by atoms with van der Waals surface area (Å²) in [5.41, 5.74) is 12.5. The number of benzene rings is 5. The number of nitrogens with two attached hydrogens (primary N) is 1. The molecule has 0 bridgehead atoms. The van der Waals surface area contributed by atoms with E-state index in [4.69, 9.17) is 15.0 Å². The number of carboxylic acid groups (broad SMARTS) is 1. The van der Waals surface area contributed by atoms with E-state index in [2.05, 4.69) is 32.2 Å². The number of ether oxygens (including phenoxy) is 1. The maximum atomic E-state index is 14.0. The first kappa shape index (κ1) is 44.4. The molecule has 14 nitrogen and oxygen atoms in total. The summed E-state index contributed by atoms with van der Waals surface area (Å²) in [6, 6.07) is 25.1. The second-order valence-corrected chi connectivity index (χ2v) is 20.4. The molecule has 0 saturated heterocycles. The Morgan fingerprint density at radius 1 is 0.797 bits per heavy atom. The zero-order valence-electron chi connectivity index (χ0n) is 38.5. The number of hydrogen-bond donors (Lipinski definition) is 3. The number of hydrogen-bond acceptors (Lipinski definition) is 9. The number of rotatable bonds is 12. The SMILES string of the molecule is Cc1ccc(-c2cc(CCC(=O)NCCNC(=O)c3ccc(C(=O)[O-])c(C4=c5cc6c7c(c5Oc5c4cc4c8c5CCCN8CCC4)CCC[N+]=7CCC6)c3)nn2-c2ccc(S(N)(=O)=O)cc2)cc1. The fourth-order valence-electron chi connectivity index (χ4n) is 11.1. The third kappa shape index (κ3) is 8.26. The van der Waals surface area contributed by atoms with Crippen LogP contribution in [0.2, 0.25) is 0 Å². The highest BCUT2D eigenvalue weighted by atomic mass is 32.2. The minimum Gasteiger partial charge on any atom is -0.545 e. The molecule has 0 atom stereocenters. The topological polar surface area (TPSA) is 192 Å². The molecule has 6 aromatic rings. The van der Waals surface area contributed by atoms with E-state index in [-0.39, 0.29) is 35.9 Å². The Balaban J connectivity index is 0.845. The predicted molar refractivity (Wildman–Crippen MR) is 260 cm³/mol. The second kappa shape index (κ2) is 17.8. The largest absolute Gasteiger partial charge is 0.545 e. The van der Waals surface area contributed by atoms with Crippen LogP contribution in [0.15, 0.2) is 89.8 Å². The van der Waals surface area contributed by atoms with Crippen molar-refractivity contribution in [3.63, 3.8) is 0 Å². The van der Waals surface area contributed by atoms with E-state index >= 15 is 0 Å². The number of aromatic nitrogens is 2. The molecular weight excluding hydrogens is 891 g/mol. The lowest BCUT2D eigenvalue weighted by Crippen LogP contribution is -2.45. The van der Waals surface area contributed by atoms with Crippen LogP contribution in [0.4, 0.5) is 5.69 Å². The molecule has 0 fully saturated rings. The summed E-state index contributed by atoms with van der Waals surface area (Å²) in [6.45, 7) is 6.31. The Kier molecular flexibility index (Phi) is 11.4. The van der Waals surface area contributed by atoms with E-state index in [1.165, 1.54) is 57.6 Å². The molecule has 11 rings (SSSR count). The molecule has 0 saturated carbocycles. The lowest BCUT2D eigenvalue weighted by Gasteiger charge is -2.39. The van der Waals surface area contributed by atoms with Crippen molar-refractivity contribution in [2.75, 3.05) is 44.2 Å². The maximum absolute atomic E-state index is 14.0. The van der Waals surface area contributed by atoms with Gasteiger partial charge in [0.1, 0.15) is 24.6 Å². The molecule has 6 heterocycles. The second-order valence-electron chi connectivity index (χ2n) is 18.8. The summed E-state index contributed by atoms with van der Waals surface area (Å²) >= 11 is 0. The fourth-order valence-corrected chi connectivity index (χ4v) is 11.7. The van der Waals surface area contributed by atoms with Crippen molar-refractivity contribution in [1.29, 1.82) is 0 Å². The van der Waals surface area contributed by atoms with Gasteiger partial charge >= 0.3 is 0 Å². The van der Waals surface area contributed by atoms with Crippen LogP contribution < -0.4 is 45.7 Å². The van der Waals surface area contributed by atoms with E-state index in [0.717, 1.165) is 122 Å². The van der Waals surface area contributed by atoms with E-state index in [1.54, 1.807) is 22.9 Å². The van der Waals surface area contributed by atoms with Gasteiger partial charge in [0.25, 0.3) is 5.91 Å². The van der Waals surface area contributed by atoms with Crippen LogP contribution in [0.1, 0.15) is 97.5 Å². The Morgan fingerprint density at radius 3 is 2.29 bits per heavy atom. The fraction of sp³-hybridized carbons (Fsp3) is 0.315. The number of anilines is 1. The number of aryl methyl sites for hydroxylation is 4. The van der Waals surface area contributed by atoms with Crippen LogP contribution in [-0.2, 0) is 46.9 Å². The van der Waals surface area contributed by atoms with Gasteiger partial charge in [0, 0.05) is 102 Å². The van der Waals surface area contributed by atoms with E-state index < -0.39 is 21.9 Å². The van der Waals surface area contributed by atoms with Crippen LogP contribution in [0.3, 0.4) is 0 Å². The minimum atomic E-state index is -3.87. The van der Waals surface area contributed by atoms with Crippen molar-refractivity contribution in [2.24, 2.45) is 5.14 Å². The van der Waals surface area contributed by atoms with E-state index in [0.29, 0.717) is 28.9 Å². The molecule has 0 aliphatic carbocycles. The molecule has 352 valence electrons. The molecule has 4 N–H and O–H groups in total. The number of primary sulfonamides is 1. The minimum absolute atomic E-state index is 0.00405. The monoisotopic (exact) mass is 943 g/mol. The molecule has 0 spiro atoms. The van der Waals surface area contributed by atoms with Crippen LogP contribution in [0, 0.1) is 6.92 Å². The van der Waals surface area contributed by atoms with E-state index in [9.17, 15) is 27.9 Å². The molecule has 1 aromatic heterocycles. The van der Waals surface area contributed by atoms with Crippen LogP contribution >= 0.6 is 0 Å². The first-order chi connectivity index (χ1) is 33.4. The van der Waals surface area contributed by atoms with Gasteiger partial charge in [-0.05, 0) is 111 Å². The highest BCUT2D eigenvalue weighted by Gasteiger charge is 2.36. The van der Waals surface area contributed by atoms with Gasteiger partial charge in [-0.2, -0.15) is 5.10 Å². The summed E-state index contributed by atoms with van der Waals surface area (Å²) in [5.74, 6) is -0.370. The lowest BCUT2D eigenvalue weighted by molar-refractivity contribution is -0.255. The zero-order chi connectivity index (χ0) is 47.6. The highest BCUT2D eigenvalue weighted by molar-refractivity contribution is 7.89. The van der Waals surface area contributed by atoms with Crippen LogP contribution in [0.25, 0.3) is 22.5 Å². The Morgan fingerprint density at radius 2 is 1.52 bits per heavy atom. The molecule has 0 radical (unpaired) electrons. The molecule has 5 aliphatic heterocycles. The molecular formula is C54H53N7O7S. The van der Waals surface area contributed by atoms with Gasteiger partial charge < -0.3 is 30.2 Å². The van der Waals surface area contributed by atoms with Crippen molar-refractivity contribution >= 4 is 39.1 Å². The first-order valence-electron chi connectivity index (χ1n) is 24.0. The van der Waals surface area contributed by atoms with Gasteiger partial charge in [-0.3, -0.25) is 9.59 Å². The Hall–Kier alpha value is -7.10. The summed E-state index contributed by atoms with van der Waals surface area (Å²) in [5, 5.41) is 31.1. The number of carboxylic acids is 1. The van der Waals surface area contributed by atoms with Crippen molar-refractivity contribution in [3.05, 3.63) is 151 Å². The third-order valence-corrected chi connectivity index (χ3v) is 15.2. The number of nitrogens with zero attached hydrogens (tertiary/aromatic N) is 4. The Bertz CT molecular complexity index is 3370. The van der Waals surface area contributed by atoms with Gasteiger partial charge in [-0.15, -0.1) is 0 Å². The summed E-state index contributed by atoms with van der Waals surface area (Å²) < 4.78 is 35.2. The smallest absolute Gasteiger partial charge is 0.251 e. The van der Waals surface area contributed by atoms with Gasteiger partial charge in [0.05, 0.1) is 33.5 Å². The van der Waals surface area contributed by atoms with E-state index in [1.807, 2.05) is 37.3 Å². The quantitative estimate of drug-likeness (QED) is 0.121. The number of carbonyl (C=O) groups is 3. The highest BCUT2D eigenvalue weighted by Crippen LogP contribution is 2.49. The van der Waals surface area contributed by atoms with Crippen molar-refractivity contribution in [3.8, 4) is 28.4 Å². The van der Waals surface area contributed by atoms with Crippen LogP contribution in [0.5, 0.6) is 11.5 Å². The molecule has 2 amide bonds. The molecule has 5 aromatic carbocycles. The van der Waals surface area contributed by atoms with Crippen molar-refractivity contribution in [2.45, 2.75) is 76.0 Å². The summed E-state index contributed by atoms with van der Waals surface area (Å²) in [6.07, 6.45) is 8.12. The number of amides is 2. The number of aromatic carboxylic acids is 1. The zero-order valence-corrected chi connectivity index (χ0v) is 39.3. The summed E-state index contributed by atoms with van der Waals surface area (Å²) in [4.78, 5) is 42.7. The molecule has 69 heavy (non-hydrogen) atoms. The normalized spacial score (nSPS) is 15.6. The van der Waals surface area contributed by atoms with Gasteiger partial charge in [0.2, 0.25) is 21.3 Å². The first-order valence-corrected chi connectivity index (χ1v) is 25.6. The van der Waals surface area contributed by atoms with Gasteiger partial charge in [0.15, 0.2) is 0 Å².